The lowest BCUT2D eigenvalue weighted by Crippen LogP contribution is -2.42. The van der Waals surface area contributed by atoms with E-state index in [0.717, 1.165) is 53.9 Å². The average molecular weight is 378 g/mol. The van der Waals surface area contributed by atoms with E-state index in [1.165, 1.54) is 0 Å². The summed E-state index contributed by atoms with van der Waals surface area (Å²) in [5.41, 5.74) is 2.74. The molecule has 0 saturated carbocycles. The largest absolute Gasteiger partial charge is 0.497 e. The van der Waals surface area contributed by atoms with Gasteiger partial charge in [0.15, 0.2) is 0 Å². The maximum atomic E-state index is 13.1. The Labute approximate surface area is 165 Å². The van der Waals surface area contributed by atoms with Crippen LogP contribution in [0.4, 0.5) is 0 Å². The molecule has 0 aliphatic carbocycles. The van der Waals surface area contributed by atoms with Crippen molar-refractivity contribution in [2.45, 2.75) is 19.8 Å². The smallest absolute Gasteiger partial charge is 0.270 e. The molecule has 1 N–H and O–H groups in total. The summed E-state index contributed by atoms with van der Waals surface area (Å²) in [4.78, 5) is 18.4. The molecule has 5 heteroatoms. The molecule has 146 valence electrons. The summed E-state index contributed by atoms with van der Waals surface area (Å²) in [6.07, 6.45) is 2.07. The maximum Gasteiger partial charge on any atom is 0.270 e. The molecule has 0 bridgehead atoms. The molecule has 1 aliphatic heterocycles. The monoisotopic (exact) mass is 378 g/mol. The predicted octanol–water partition coefficient (Wildman–Crippen LogP) is 4.42. The van der Waals surface area contributed by atoms with Gasteiger partial charge in [-0.1, -0.05) is 24.3 Å². The van der Waals surface area contributed by atoms with E-state index in [2.05, 4.69) is 11.1 Å². The van der Waals surface area contributed by atoms with E-state index < -0.39 is 0 Å². The second-order valence-corrected chi connectivity index (χ2v) is 7.42. The first-order valence-corrected chi connectivity index (χ1v) is 9.79. The van der Waals surface area contributed by atoms with Crippen molar-refractivity contribution in [2.75, 3.05) is 26.8 Å². The summed E-state index contributed by atoms with van der Waals surface area (Å²) >= 11 is 0. The Kier molecular flexibility index (Phi) is 5.24. The van der Waals surface area contributed by atoms with Gasteiger partial charge in [-0.2, -0.15) is 0 Å². The summed E-state index contributed by atoms with van der Waals surface area (Å²) in [6.45, 7) is 4.13. The quantitative estimate of drug-likeness (QED) is 0.715. The summed E-state index contributed by atoms with van der Waals surface area (Å²) in [6, 6.07) is 15.7. The third-order valence-electron chi connectivity index (χ3n) is 5.51. The van der Waals surface area contributed by atoms with Gasteiger partial charge in [0.05, 0.1) is 13.7 Å². The molecule has 5 nitrogen and oxygen atoms in total. The van der Waals surface area contributed by atoms with Crippen molar-refractivity contribution in [1.29, 1.82) is 0 Å². The number of fused-ring (bicyclic) bond motifs is 1. The van der Waals surface area contributed by atoms with Crippen LogP contribution in [0.5, 0.6) is 11.5 Å². The van der Waals surface area contributed by atoms with Crippen LogP contribution >= 0.6 is 0 Å². The first-order valence-electron chi connectivity index (χ1n) is 9.79. The van der Waals surface area contributed by atoms with Crippen LogP contribution in [-0.4, -0.2) is 42.6 Å². The molecule has 0 radical (unpaired) electrons. The Bertz CT molecular complexity index is 979. The third kappa shape index (κ3) is 3.70. The number of hydrogen-bond acceptors (Lipinski definition) is 3. The molecule has 1 aromatic heterocycles. The fraction of sp³-hybridized carbons (Fsp3) is 0.348. The zero-order valence-electron chi connectivity index (χ0n) is 16.4. The molecule has 4 rings (SSSR count). The fourth-order valence-corrected chi connectivity index (χ4v) is 3.94. The van der Waals surface area contributed by atoms with Crippen molar-refractivity contribution in [3.8, 4) is 11.5 Å². The number of aryl methyl sites for hydroxylation is 1. The topological polar surface area (TPSA) is 54.6 Å². The van der Waals surface area contributed by atoms with Crippen molar-refractivity contribution in [3.63, 3.8) is 0 Å². The molecular weight excluding hydrogens is 352 g/mol. The minimum atomic E-state index is 0.0831. The molecule has 0 spiro atoms. The van der Waals surface area contributed by atoms with E-state index in [0.29, 0.717) is 18.2 Å². The SMILES string of the molecule is COc1cccc(OC[C@H]2CCCN(C(=O)c3[nH]c4ccccc4c3C)C2)c1. The Hall–Kier alpha value is -2.95. The standard InChI is InChI=1S/C23H26N2O3/c1-16-20-10-3-4-11-21(20)24-22(16)23(26)25-12-6-7-17(14-25)15-28-19-9-5-8-18(13-19)27-2/h3-5,8-11,13,17,24H,6-7,12,14-15H2,1-2H3/t17-/m0/s1. The van der Waals surface area contributed by atoms with Gasteiger partial charge in [0.1, 0.15) is 17.2 Å². The number of hydrogen-bond donors (Lipinski definition) is 1. The Morgan fingerprint density at radius 2 is 2.00 bits per heavy atom. The number of nitrogens with zero attached hydrogens (tertiary/aromatic N) is 1. The van der Waals surface area contributed by atoms with Crippen LogP contribution < -0.4 is 9.47 Å². The van der Waals surface area contributed by atoms with Crippen LogP contribution in [0.1, 0.15) is 28.9 Å². The van der Waals surface area contributed by atoms with Crippen LogP contribution in [0.3, 0.4) is 0 Å². The first-order chi connectivity index (χ1) is 13.7. The normalized spacial score (nSPS) is 16.9. The molecule has 0 unspecified atom stereocenters. The van der Waals surface area contributed by atoms with Gasteiger partial charge in [-0.15, -0.1) is 0 Å². The van der Waals surface area contributed by atoms with Gasteiger partial charge in [-0.05, 0) is 43.5 Å². The number of piperidine rings is 1. The second kappa shape index (κ2) is 7.97. The van der Waals surface area contributed by atoms with Crippen molar-refractivity contribution in [1.82, 2.24) is 9.88 Å². The van der Waals surface area contributed by atoms with Crippen LogP contribution in [0.25, 0.3) is 10.9 Å². The number of H-pyrrole nitrogens is 1. The zero-order valence-corrected chi connectivity index (χ0v) is 16.4. The second-order valence-electron chi connectivity index (χ2n) is 7.42. The van der Waals surface area contributed by atoms with Crippen molar-refractivity contribution >= 4 is 16.8 Å². The number of aromatic nitrogens is 1. The lowest BCUT2D eigenvalue weighted by molar-refractivity contribution is 0.0628. The highest BCUT2D eigenvalue weighted by Crippen LogP contribution is 2.26. The highest BCUT2D eigenvalue weighted by atomic mass is 16.5. The Morgan fingerprint density at radius 3 is 2.82 bits per heavy atom. The minimum absolute atomic E-state index is 0.0831. The minimum Gasteiger partial charge on any atom is -0.497 e. The summed E-state index contributed by atoms with van der Waals surface area (Å²) < 4.78 is 11.2. The molecular formula is C23H26N2O3. The molecule has 1 saturated heterocycles. The highest BCUT2D eigenvalue weighted by Gasteiger charge is 2.27. The van der Waals surface area contributed by atoms with Crippen LogP contribution in [-0.2, 0) is 0 Å². The number of methoxy groups -OCH3 is 1. The van der Waals surface area contributed by atoms with Gasteiger partial charge in [0.25, 0.3) is 5.91 Å². The Morgan fingerprint density at radius 1 is 1.18 bits per heavy atom. The van der Waals surface area contributed by atoms with E-state index >= 15 is 0 Å². The van der Waals surface area contributed by atoms with Gasteiger partial charge in [-0.3, -0.25) is 4.79 Å². The lowest BCUT2D eigenvalue weighted by atomic mass is 9.98. The van der Waals surface area contributed by atoms with Gasteiger partial charge in [0.2, 0.25) is 0 Å². The van der Waals surface area contributed by atoms with E-state index in [-0.39, 0.29) is 5.91 Å². The molecule has 1 amide bonds. The lowest BCUT2D eigenvalue weighted by Gasteiger charge is -2.32. The fourth-order valence-electron chi connectivity index (χ4n) is 3.94. The number of carbonyl (C=O) groups excluding carboxylic acids is 1. The molecule has 3 aromatic rings. The highest BCUT2D eigenvalue weighted by molar-refractivity contribution is 6.00. The summed E-state index contributed by atoms with van der Waals surface area (Å²) in [5.74, 6) is 2.00. The molecule has 1 aliphatic rings. The summed E-state index contributed by atoms with van der Waals surface area (Å²) in [5, 5.41) is 1.11. The third-order valence-corrected chi connectivity index (χ3v) is 5.51. The molecule has 1 atom stereocenters. The number of ether oxygens (including phenoxy) is 2. The van der Waals surface area contributed by atoms with E-state index in [1.54, 1.807) is 7.11 Å². The number of nitrogens with one attached hydrogen (secondary N) is 1. The van der Waals surface area contributed by atoms with Crippen LogP contribution in [0.2, 0.25) is 0 Å². The van der Waals surface area contributed by atoms with E-state index in [9.17, 15) is 4.79 Å². The van der Waals surface area contributed by atoms with Gasteiger partial charge >= 0.3 is 0 Å². The number of rotatable bonds is 5. The Balaban J connectivity index is 1.42. The predicted molar refractivity (Wildman–Crippen MR) is 110 cm³/mol. The van der Waals surface area contributed by atoms with E-state index in [4.69, 9.17) is 9.47 Å². The molecule has 1 fully saturated rings. The number of para-hydroxylation sites is 1. The molecule has 2 heterocycles. The van der Waals surface area contributed by atoms with Crippen LogP contribution in [0, 0.1) is 12.8 Å². The maximum absolute atomic E-state index is 13.1. The van der Waals surface area contributed by atoms with Gasteiger partial charge in [-0.25, -0.2) is 0 Å². The number of amides is 1. The van der Waals surface area contributed by atoms with Crippen LogP contribution in [0.15, 0.2) is 48.5 Å². The zero-order chi connectivity index (χ0) is 19.5. The van der Waals surface area contributed by atoms with Crippen molar-refractivity contribution < 1.29 is 14.3 Å². The summed E-state index contributed by atoms with van der Waals surface area (Å²) in [7, 11) is 1.65. The van der Waals surface area contributed by atoms with Crippen molar-refractivity contribution in [3.05, 3.63) is 59.8 Å². The number of aromatic amines is 1. The number of carbonyl (C=O) groups is 1. The average Bonchev–Trinajstić information content (AvgIpc) is 3.09. The number of benzene rings is 2. The number of likely N-dealkylation sites (tertiary alicyclic amines) is 1. The first kappa shape index (κ1) is 18.4. The molecule has 28 heavy (non-hydrogen) atoms. The molecule has 2 aromatic carbocycles. The van der Waals surface area contributed by atoms with E-state index in [1.807, 2.05) is 54.3 Å². The van der Waals surface area contributed by atoms with Crippen molar-refractivity contribution in [2.24, 2.45) is 5.92 Å². The van der Waals surface area contributed by atoms with Gasteiger partial charge < -0.3 is 19.4 Å². The van der Waals surface area contributed by atoms with Gasteiger partial charge in [0, 0.05) is 36.0 Å².